The molecule has 0 atom stereocenters. The lowest BCUT2D eigenvalue weighted by molar-refractivity contribution is -0.139. The highest BCUT2D eigenvalue weighted by Crippen LogP contribution is 2.13. The maximum atomic E-state index is 12.5. The molecule has 7 nitrogen and oxygen atoms in total. The second-order valence-electron chi connectivity index (χ2n) is 6.50. The third-order valence-electron chi connectivity index (χ3n) is 4.67. The molecule has 1 aliphatic heterocycles. The molecule has 2 N–H and O–H groups in total. The number of hydrogen-bond acceptors (Lipinski definition) is 3. The Kier molecular flexibility index (Phi) is 5.21. The molecule has 0 radical (unpaired) electrons. The van der Waals surface area contributed by atoms with E-state index in [0.29, 0.717) is 44.5 Å². The van der Waals surface area contributed by atoms with Gasteiger partial charge < -0.3 is 19.8 Å². The van der Waals surface area contributed by atoms with Gasteiger partial charge in [-0.1, -0.05) is 19.4 Å². The molecule has 0 spiro atoms. The minimum absolute atomic E-state index is 0.0536. The van der Waals surface area contributed by atoms with Crippen LogP contribution in [0, 0.1) is 0 Å². The SMILES string of the molecule is CCCCC(=O)N1CCN(C(=O)Cc2ccc3[nH]c(=O)[nH]c3c2)CC1. The Morgan fingerprint density at radius 1 is 1.00 bits per heavy atom. The number of hydrogen-bond donors (Lipinski definition) is 2. The first kappa shape index (κ1) is 17.3. The molecule has 0 saturated carbocycles. The number of benzene rings is 1. The lowest BCUT2D eigenvalue weighted by Crippen LogP contribution is -2.50. The van der Waals surface area contributed by atoms with E-state index in [9.17, 15) is 14.4 Å². The Morgan fingerprint density at radius 3 is 2.32 bits per heavy atom. The van der Waals surface area contributed by atoms with Gasteiger partial charge in [-0.05, 0) is 24.1 Å². The van der Waals surface area contributed by atoms with Gasteiger partial charge in [0.2, 0.25) is 11.8 Å². The number of nitrogens with one attached hydrogen (secondary N) is 2. The number of amides is 2. The van der Waals surface area contributed by atoms with Crippen LogP contribution in [0.1, 0.15) is 31.7 Å². The van der Waals surface area contributed by atoms with Gasteiger partial charge in [0, 0.05) is 32.6 Å². The predicted molar refractivity (Wildman–Crippen MR) is 95.3 cm³/mol. The molecule has 7 heteroatoms. The number of H-pyrrole nitrogens is 2. The van der Waals surface area contributed by atoms with E-state index in [2.05, 4.69) is 16.9 Å². The summed E-state index contributed by atoms with van der Waals surface area (Å²) in [5.41, 5.74) is 2.07. The first-order valence-corrected chi connectivity index (χ1v) is 8.83. The fourth-order valence-electron chi connectivity index (χ4n) is 3.17. The van der Waals surface area contributed by atoms with Crippen LogP contribution < -0.4 is 5.69 Å². The Bertz CT molecular complexity index is 815. The summed E-state index contributed by atoms with van der Waals surface area (Å²) < 4.78 is 0. The van der Waals surface area contributed by atoms with Crippen molar-refractivity contribution >= 4 is 22.8 Å². The van der Waals surface area contributed by atoms with Gasteiger partial charge in [-0.2, -0.15) is 0 Å². The van der Waals surface area contributed by atoms with E-state index < -0.39 is 0 Å². The van der Waals surface area contributed by atoms with Crippen LogP contribution in [0.2, 0.25) is 0 Å². The molecule has 3 rings (SSSR count). The zero-order chi connectivity index (χ0) is 17.8. The zero-order valence-electron chi connectivity index (χ0n) is 14.5. The monoisotopic (exact) mass is 344 g/mol. The number of imidazole rings is 1. The maximum absolute atomic E-state index is 12.5. The van der Waals surface area contributed by atoms with Crippen molar-refractivity contribution in [3.05, 3.63) is 34.2 Å². The number of nitrogens with zero attached hydrogens (tertiary/aromatic N) is 2. The Hall–Kier alpha value is -2.57. The van der Waals surface area contributed by atoms with Gasteiger partial charge in [0.15, 0.2) is 0 Å². The number of piperazine rings is 1. The average Bonchev–Trinajstić information content (AvgIpc) is 2.99. The van der Waals surface area contributed by atoms with Crippen LogP contribution in [-0.2, 0) is 16.0 Å². The Balaban J connectivity index is 1.55. The van der Waals surface area contributed by atoms with E-state index in [4.69, 9.17) is 0 Å². The van der Waals surface area contributed by atoms with Crippen molar-refractivity contribution in [2.45, 2.75) is 32.6 Å². The van der Waals surface area contributed by atoms with Crippen LogP contribution in [0.4, 0.5) is 0 Å². The molecule has 1 saturated heterocycles. The first-order valence-electron chi connectivity index (χ1n) is 8.83. The third kappa shape index (κ3) is 4.10. The maximum Gasteiger partial charge on any atom is 0.323 e. The molecular weight excluding hydrogens is 320 g/mol. The molecule has 1 aromatic carbocycles. The van der Waals surface area contributed by atoms with E-state index in [1.165, 1.54) is 0 Å². The van der Waals surface area contributed by atoms with Gasteiger partial charge in [0.1, 0.15) is 0 Å². The molecule has 25 heavy (non-hydrogen) atoms. The van der Waals surface area contributed by atoms with Crippen LogP contribution in [0.3, 0.4) is 0 Å². The molecule has 0 aliphatic carbocycles. The molecule has 1 aliphatic rings. The van der Waals surface area contributed by atoms with Crippen LogP contribution in [0.25, 0.3) is 11.0 Å². The smallest absolute Gasteiger partial charge is 0.323 e. The third-order valence-corrected chi connectivity index (χ3v) is 4.67. The number of rotatable bonds is 5. The standard InChI is InChI=1S/C18H24N4O3/c1-2-3-4-16(23)21-7-9-22(10-8-21)17(24)12-13-5-6-14-15(11-13)20-18(25)19-14/h5-6,11H,2-4,7-10,12H2,1H3,(H2,19,20,25). The van der Waals surface area contributed by atoms with Gasteiger partial charge in [0.05, 0.1) is 17.5 Å². The van der Waals surface area contributed by atoms with Gasteiger partial charge in [-0.3, -0.25) is 9.59 Å². The summed E-state index contributed by atoms with van der Waals surface area (Å²) in [4.78, 5) is 44.9. The lowest BCUT2D eigenvalue weighted by Gasteiger charge is -2.35. The largest absolute Gasteiger partial charge is 0.339 e. The second kappa shape index (κ2) is 7.55. The normalized spacial score (nSPS) is 14.9. The van der Waals surface area contributed by atoms with Crippen LogP contribution >= 0.6 is 0 Å². The predicted octanol–water partition coefficient (Wildman–Crippen LogP) is 1.26. The van der Waals surface area contributed by atoms with Crippen LogP contribution in [0.5, 0.6) is 0 Å². The van der Waals surface area contributed by atoms with Crippen molar-refractivity contribution in [3.63, 3.8) is 0 Å². The number of carbonyl (C=O) groups is 2. The minimum atomic E-state index is -0.248. The number of aromatic amines is 2. The first-order chi connectivity index (χ1) is 12.1. The number of aromatic nitrogens is 2. The number of carbonyl (C=O) groups excluding carboxylic acids is 2. The molecule has 0 bridgehead atoms. The Morgan fingerprint density at radius 2 is 1.64 bits per heavy atom. The summed E-state index contributed by atoms with van der Waals surface area (Å²) in [7, 11) is 0. The van der Waals surface area contributed by atoms with Crippen molar-refractivity contribution in [2.75, 3.05) is 26.2 Å². The van der Waals surface area contributed by atoms with Crippen molar-refractivity contribution in [1.82, 2.24) is 19.8 Å². The highest BCUT2D eigenvalue weighted by atomic mass is 16.2. The van der Waals surface area contributed by atoms with E-state index in [0.717, 1.165) is 23.9 Å². The van der Waals surface area contributed by atoms with Crippen LogP contribution in [0.15, 0.2) is 23.0 Å². The van der Waals surface area contributed by atoms with E-state index in [1.807, 2.05) is 21.9 Å². The van der Waals surface area contributed by atoms with Gasteiger partial charge in [-0.25, -0.2) is 4.79 Å². The molecule has 2 heterocycles. The van der Waals surface area contributed by atoms with Crippen LogP contribution in [-0.4, -0.2) is 57.8 Å². The molecule has 134 valence electrons. The summed E-state index contributed by atoms with van der Waals surface area (Å²) in [6.45, 7) is 4.46. The summed E-state index contributed by atoms with van der Waals surface area (Å²) in [6.07, 6.45) is 2.83. The summed E-state index contributed by atoms with van der Waals surface area (Å²) in [6, 6.07) is 5.49. The van der Waals surface area contributed by atoms with Gasteiger partial charge in [-0.15, -0.1) is 0 Å². The van der Waals surface area contributed by atoms with Crippen molar-refractivity contribution in [1.29, 1.82) is 0 Å². The van der Waals surface area contributed by atoms with E-state index in [-0.39, 0.29) is 17.5 Å². The van der Waals surface area contributed by atoms with Crippen molar-refractivity contribution in [3.8, 4) is 0 Å². The van der Waals surface area contributed by atoms with E-state index >= 15 is 0 Å². The fraction of sp³-hybridized carbons (Fsp3) is 0.500. The Labute approximate surface area is 146 Å². The molecule has 1 aromatic heterocycles. The summed E-state index contributed by atoms with van der Waals surface area (Å²) in [5.74, 6) is 0.244. The van der Waals surface area contributed by atoms with Gasteiger partial charge in [0.25, 0.3) is 0 Å². The zero-order valence-corrected chi connectivity index (χ0v) is 14.5. The number of unbranched alkanes of at least 4 members (excludes halogenated alkanes) is 1. The summed E-state index contributed by atoms with van der Waals surface area (Å²) in [5, 5.41) is 0. The second-order valence-corrected chi connectivity index (χ2v) is 6.50. The molecular formula is C18H24N4O3. The molecule has 0 unspecified atom stereocenters. The molecule has 2 aromatic rings. The van der Waals surface area contributed by atoms with Crippen molar-refractivity contribution in [2.24, 2.45) is 0 Å². The lowest BCUT2D eigenvalue weighted by atomic mass is 10.1. The molecule has 2 amide bonds. The topological polar surface area (TPSA) is 89.3 Å². The average molecular weight is 344 g/mol. The van der Waals surface area contributed by atoms with Gasteiger partial charge >= 0.3 is 5.69 Å². The number of fused-ring (bicyclic) bond motifs is 1. The summed E-state index contributed by atoms with van der Waals surface area (Å²) >= 11 is 0. The van der Waals surface area contributed by atoms with Crippen molar-refractivity contribution < 1.29 is 9.59 Å². The molecule has 1 fully saturated rings. The fourth-order valence-corrected chi connectivity index (χ4v) is 3.17. The highest BCUT2D eigenvalue weighted by Gasteiger charge is 2.23. The van der Waals surface area contributed by atoms with E-state index in [1.54, 1.807) is 6.07 Å². The minimum Gasteiger partial charge on any atom is -0.339 e. The quantitative estimate of drug-likeness (QED) is 0.856. The highest BCUT2D eigenvalue weighted by molar-refractivity contribution is 5.82.